The van der Waals surface area contributed by atoms with Crippen LogP contribution in [0.3, 0.4) is 0 Å². The summed E-state index contributed by atoms with van der Waals surface area (Å²) >= 11 is 4.90. The standard InChI is InChI=1S/C22H18BrN3OS/c23-17-8-6-16(7-9-17)21(27)25-22-19(12-24)18-10-11-26(14-20(18)28-22)13-15-4-2-1-3-5-15/h1-9H,10-11,13-14H2,(H,25,27). The van der Waals surface area contributed by atoms with Crippen molar-refractivity contribution in [3.05, 3.63) is 86.2 Å². The molecule has 1 amide bonds. The van der Waals surface area contributed by atoms with Crippen LogP contribution in [-0.4, -0.2) is 17.4 Å². The van der Waals surface area contributed by atoms with Crippen molar-refractivity contribution in [1.82, 2.24) is 4.90 Å². The van der Waals surface area contributed by atoms with Crippen LogP contribution in [0.15, 0.2) is 59.1 Å². The van der Waals surface area contributed by atoms with E-state index in [0.29, 0.717) is 16.1 Å². The molecule has 0 unspecified atom stereocenters. The highest BCUT2D eigenvalue weighted by atomic mass is 79.9. The lowest BCUT2D eigenvalue weighted by atomic mass is 10.0. The molecule has 140 valence electrons. The molecule has 2 aromatic carbocycles. The molecule has 1 aromatic heterocycles. The molecular formula is C22H18BrN3OS. The summed E-state index contributed by atoms with van der Waals surface area (Å²) in [5.74, 6) is -0.191. The van der Waals surface area contributed by atoms with Crippen molar-refractivity contribution < 1.29 is 4.79 Å². The van der Waals surface area contributed by atoms with Crippen LogP contribution < -0.4 is 5.32 Å². The quantitative estimate of drug-likeness (QED) is 0.593. The molecule has 0 spiro atoms. The number of benzene rings is 2. The van der Waals surface area contributed by atoms with E-state index < -0.39 is 0 Å². The van der Waals surface area contributed by atoms with Gasteiger partial charge in [-0.25, -0.2) is 0 Å². The maximum absolute atomic E-state index is 12.6. The van der Waals surface area contributed by atoms with Crippen molar-refractivity contribution in [3.8, 4) is 6.07 Å². The fourth-order valence-electron chi connectivity index (χ4n) is 3.42. The lowest BCUT2D eigenvalue weighted by Gasteiger charge is -2.26. The lowest BCUT2D eigenvalue weighted by molar-refractivity contribution is 0.102. The summed E-state index contributed by atoms with van der Waals surface area (Å²) in [6, 6.07) is 19.9. The average molecular weight is 452 g/mol. The highest BCUT2D eigenvalue weighted by Crippen LogP contribution is 2.37. The minimum atomic E-state index is -0.191. The second-order valence-electron chi connectivity index (χ2n) is 6.73. The van der Waals surface area contributed by atoms with Gasteiger partial charge >= 0.3 is 0 Å². The van der Waals surface area contributed by atoms with E-state index in [-0.39, 0.29) is 5.91 Å². The molecule has 0 atom stereocenters. The SMILES string of the molecule is N#Cc1c(NC(=O)c2ccc(Br)cc2)sc2c1CCN(Cc1ccccc1)C2. The van der Waals surface area contributed by atoms with E-state index in [0.717, 1.165) is 36.1 Å². The summed E-state index contributed by atoms with van der Waals surface area (Å²) < 4.78 is 0.923. The molecule has 0 aliphatic carbocycles. The van der Waals surface area contributed by atoms with E-state index in [2.05, 4.69) is 56.5 Å². The Morgan fingerprint density at radius 3 is 2.64 bits per heavy atom. The molecule has 4 rings (SSSR count). The Bertz CT molecular complexity index is 1040. The Labute approximate surface area is 176 Å². The molecule has 1 aliphatic heterocycles. The first-order valence-electron chi connectivity index (χ1n) is 9.02. The molecule has 28 heavy (non-hydrogen) atoms. The molecule has 2 heterocycles. The number of thiophene rings is 1. The van der Waals surface area contributed by atoms with E-state index in [9.17, 15) is 10.1 Å². The summed E-state index contributed by atoms with van der Waals surface area (Å²) in [4.78, 5) is 16.1. The molecule has 1 aliphatic rings. The molecule has 0 bridgehead atoms. The van der Waals surface area contributed by atoms with E-state index in [1.54, 1.807) is 12.1 Å². The molecule has 0 saturated carbocycles. The number of rotatable bonds is 4. The molecule has 4 nitrogen and oxygen atoms in total. The molecule has 3 aromatic rings. The molecular weight excluding hydrogens is 434 g/mol. The lowest BCUT2D eigenvalue weighted by Crippen LogP contribution is -2.29. The summed E-state index contributed by atoms with van der Waals surface area (Å²) in [6.07, 6.45) is 0.829. The Morgan fingerprint density at radius 2 is 1.93 bits per heavy atom. The number of nitrogens with one attached hydrogen (secondary N) is 1. The van der Waals surface area contributed by atoms with Gasteiger partial charge in [-0.2, -0.15) is 5.26 Å². The van der Waals surface area contributed by atoms with Gasteiger partial charge in [0.15, 0.2) is 0 Å². The molecule has 6 heteroatoms. The largest absolute Gasteiger partial charge is 0.312 e. The third-order valence-corrected chi connectivity index (χ3v) is 6.49. The van der Waals surface area contributed by atoms with Crippen LogP contribution in [0.25, 0.3) is 0 Å². The van der Waals surface area contributed by atoms with Crippen molar-refractivity contribution in [2.45, 2.75) is 19.5 Å². The van der Waals surface area contributed by atoms with Gasteiger partial charge in [0, 0.05) is 34.5 Å². The van der Waals surface area contributed by atoms with Crippen molar-refractivity contribution in [2.75, 3.05) is 11.9 Å². The number of halogens is 1. The van der Waals surface area contributed by atoms with Gasteiger partial charge in [-0.3, -0.25) is 9.69 Å². The molecule has 1 N–H and O–H groups in total. The van der Waals surface area contributed by atoms with E-state index in [4.69, 9.17) is 0 Å². The number of carbonyl (C=O) groups excluding carboxylic acids is 1. The maximum atomic E-state index is 12.6. The normalized spacial score (nSPS) is 13.6. The number of fused-ring (bicyclic) bond motifs is 1. The minimum absolute atomic E-state index is 0.191. The van der Waals surface area contributed by atoms with E-state index >= 15 is 0 Å². The Hall–Kier alpha value is -2.46. The number of nitrogens with zero attached hydrogens (tertiary/aromatic N) is 2. The fraction of sp³-hybridized carbons (Fsp3) is 0.182. The van der Waals surface area contributed by atoms with E-state index in [1.165, 1.54) is 21.8 Å². The van der Waals surface area contributed by atoms with Crippen molar-refractivity contribution in [3.63, 3.8) is 0 Å². The number of anilines is 1. The smallest absolute Gasteiger partial charge is 0.256 e. The van der Waals surface area contributed by atoms with Gasteiger partial charge < -0.3 is 5.32 Å². The summed E-state index contributed by atoms with van der Waals surface area (Å²) in [5.41, 5.74) is 3.56. The monoisotopic (exact) mass is 451 g/mol. The topological polar surface area (TPSA) is 56.1 Å². The zero-order valence-corrected chi connectivity index (χ0v) is 17.5. The maximum Gasteiger partial charge on any atom is 0.256 e. The Kier molecular flexibility index (Phi) is 5.58. The fourth-order valence-corrected chi connectivity index (χ4v) is 4.92. The number of amides is 1. The van der Waals surface area contributed by atoms with Crippen molar-refractivity contribution >= 4 is 38.2 Å². The van der Waals surface area contributed by atoms with Gasteiger partial charge in [0.25, 0.3) is 5.91 Å². The number of hydrogen-bond donors (Lipinski definition) is 1. The summed E-state index contributed by atoms with van der Waals surface area (Å²) in [7, 11) is 0. The van der Waals surface area contributed by atoms with Gasteiger partial charge in [0.05, 0.1) is 5.56 Å². The van der Waals surface area contributed by atoms with Gasteiger partial charge in [0.2, 0.25) is 0 Å². The van der Waals surface area contributed by atoms with Gasteiger partial charge in [-0.05, 0) is 41.8 Å². The van der Waals surface area contributed by atoms with Crippen LogP contribution >= 0.6 is 27.3 Å². The van der Waals surface area contributed by atoms with Crippen LogP contribution in [0, 0.1) is 11.3 Å². The second-order valence-corrected chi connectivity index (χ2v) is 8.75. The van der Waals surface area contributed by atoms with Crippen molar-refractivity contribution in [2.24, 2.45) is 0 Å². The predicted molar refractivity (Wildman–Crippen MR) is 115 cm³/mol. The van der Waals surface area contributed by atoms with Crippen LogP contribution in [0.4, 0.5) is 5.00 Å². The van der Waals surface area contributed by atoms with Crippen molar-refractivity contribution in [1.29, 1.82) is 5.26 Å². The highest BCUT2D eigenvalue weighted by molar-refractivity contribution is 9.10. The minimum Gasteiger partial charge on any atom is -0.312 e. The molecule has 0 saturated heterocycles. The number of carbonyl (C=O) groups is 1. The van der Waals surface area contributed by atoms with Crippen LogP contribution in [-0.2, 0) is 19.5 Å². The Morgan fingerprint density at radius 1 is 1.18 bits per heavy atom. The first kappa shape index (κ1) is 18.9. The molecule has 0 fully saturated rings. The predicted octanol–water partition coefficient (Wildman–Crippen LogP) is 5.19. The van der Waals surface area contributed by atoms with Crippen LogP contribution in [0.1, 0.15) is 31.9 Å². The number of nitriles is 1. The van der Waals surface area contributed by atoms with E-state index in [1.807, 2.05) is 18.2 Å². The summed E-state index contributed by atoms with van der Waals surface area (Å²) in [6.45, 7) is 2.60. The zero-order chi connectivity index (χ0) is 19.5. The second kappa shape index (κ2) is 8.27. The van der Waals surface area contributed by atoms with Gasteiger partial charge in [-0.1, -0.05) is 46.3 Å². The van der Waals surface area contributed by atoms with Gasteiger partial charge in [0.1, 0.15) is 11.1 Å². The zero-order valence-electron chi connectivity index (χ0n) is 15.1. The highest BCUT2D eigenvalue weighted by Gasteiger charge is 2.25. The number of hydrogen-bond acceptors (Lipinski definition) is 4. The Balaban J connectivity index is 1.52. The third-order valence-electron chi connectivity index (χ3n) is 4.83. The summed E-state index contributed by atoms with van der Waals surface area (Å²) in [5, 5.41) is 13.3. The molecule has 0 radical (unpaired) electrons. The third kappa shape index (κ3) is 4.02. The van der Waals surface area contributed by atoms with Gasteiger partial charge in [-0.15, -0.1) is 11.3 Å². The van der Waals surface area contributed by atoms with Crippen LogP contribution in [0.2, 0.25) is 0 Å². The average Bonchev–Trinajstić information content (AvgIpc) is 3.05. The van der Waals surface area contributed by atoms with Crippen LogP contribution in [0.5, 0.6) is 0 Å². The first-order chi connectivity index (χ1) is 13.6. The first-order valence-corrected chi connectivity index (χ1v) is 10.6.